The first-order valence-corrected chi connectivity index (χ1v) is 12.1. The lowest BCUT2D eigenvalue weighted by Crippen LogP contribution is -2.29. The van der Waals surface area contributed by atoms with Gasteiger partial charge >= 0.3 is 9.53 Å². The molecule has 4 atom stereocenters. The van der Waals surface area contributed by atoms with Crippen LogP contribution in [0.2, 0.25) is 0 Å². The van der Waals surface area contributed by atoms with Gasteiger partial charge in [-0.3, -0.25) is 0 Å². The molecule has 5 heteroatoms. The predicted octanol–water partition coefficient (Wildman–Crippen LogP) is 4.73. The third-order valence-corrected chi connectivity index (χ3v) is 7.07. The zero-order valence-electron chi connectivity index (χ0n) is 16.7. The van der Waals surface area contributed by atoms with E-state index < -0.39 is 9.53 Å². The predicted molar refractivity (Wildman–Crippen MR) is 104 cm³/mol. The zero-order valence-corrected chi connectivity index (χ0v) is 17.9. The van der Waals surface area contributed by atoms with Gasteiger partial charge in [0.2, 0.25) is 0 Å². The Hall–Kier alpha value is 0.0569. The number of ether oxygens (including phenoxy) is 1. The first-order chi connectivity index (χ1) is 12.2. The van der Waals surface area contributed by atoms with Crippen LogP contribution < -0.4 is 0 Å². The molecular weight excluding hydrogens is 332 g/mol. The minimum atomic E-state index is -1.92. The van der Waals surface area contributed by atoms with Crippen molar-refractivity contribution in [2.75, 3.05) is 19.8 Å². The van der Waals surface area contributed by atoms with Crippen LogP contribution in [-0.4, -0.2) is 41.6 Å². The van der Waals surface area contributed by atoms with Crippen molar-refractivity contribution in [2.45, 2.75) is 97.2 Å². The SMILES string of the molecule is CCCCO[SiH](OCCCC)OCCC(C)CCC1CCC2OC2C1. The molecule has 1 aliphatic heterocycles. The van der Waals surface area contributed by atoms with E-state index in [-0.39, 0.29) is 0 Å². The van der Waals surface area contributed by atoms with Crippen LogP contribution in [0.25, 0.3) is 0 Å². The Morgan fingerprint density at radius 2 is 1.60 bits per heavy atom. The van der Waals surface area contributed by atoms with Crippen LogP contribution in [0.1, 0.15) is 85.0 Å². The fourth-order valence-corrected chi connectivity index (χ4v) is 4.91. The van der Waals surface area contributed by atoms with E-state index in [9.17, 15) is 0 Å². The monoisotopic (exact) mass is 372 g/mol. The van der Waals surface area contributed by atoms with Gasteiger partial charge in [0.25, 0.3) is 0 Å². The van der Waals surface area contributed by atoms with Crippen LogP contribution in [-0.2, 0) is 18.0 Å². The highest BCUT2D eigenvalue weighted by Gasteiger charge is 2.43. The van der Waals surface area contributed by atoms with Gasteiger partial charge < -0.3 is 18.0 Å². The summed E-state index contributed by atoms with van der Waals surface area (Å²) in [6, 6.07) is 0. The second kappa shape index (κ2) is 12.4. The summed E-state index contributed by atoms with van der Waals surface area (Å²) in [4.78, 5) is 0. The number of rotatable bonds is 15. The molecular formula is C20H40O4Si. The average Bonchev–Trinajstić information content (AvgIpc) is 3.38. The van der Waals surface area contributed by atoms with Gasteiger partial charge in [0.1, 0.15) is 0 Å². The summed E-state index contributed by atoms with van der Waals surface area (Å²) in [5, 5.41) is 0. The zero-order chi connectivity index (χ0) is 17.9. The molecule has 0 aromatic rings. The molecule has 2 rings (SSSR count). The standard InChI is InChI=1S/C20H40O4Si/c1-4-6-13-21-25(22-14-7-5-2)23-15-12-17(3)8-9-18-10-11-19-20(16-18)24-19/h17-20,25H,4-16H2,1-3H3. The molecule has 0 aromatic heterocycles. The Kier molecular flexibility index (Phi) is 10.6. The number of fused-ring (bicyclic) bond motifs is 1. The van der Waals surface area contributed by atoms with Crippen molar-refractivity contribution in [3.05, 3.63) is 0 Å². The Balaban J connectivity index is 1.53. The maximum Gasteiger partial charge on any atom is 0.484 e. The van der Waals surface area contributed by atoms with Gasteiger partial charge in [-0.15, -0.1) is 0 Å². The van der Waals surface area contributed by atoms with Gasteiger partial charge in [-0.05, 0) is 50.4 Å². The highest BCUT2D eigenvalue weighted by molar-refractivity contribution is 6.36. The molecule has 1 saturated heterocycles. The van der Waals surface area contributed by atoms with E-state index in [2.05, 4.69) is 20.8 Å². The molecule has 0 aromatic carbocycles. The van der Waals surface area contributed by atoms with Crippen LogP contribution in [0, 0.1) is 11.8 Å². The molecule has 2 aliphatic rings. The van der Waals surface area contributed by atoms with E-state index >= 15 is 0 Å². The van der Waals surface area contributed by atoms with Gasteiger partial charge in [-0.25, -0.2) is 0 Å². The van der Waals surface area contributed by atoms with E-state index in [1.807, 2.05) is 0 Å². The summed E-state index contributed by atoms with van der Waals surface area (Å²) < 4.78 is 23.4. The summed E-state index contributed by atoms with van der Waals surface area (Å²) in [6.07, 6.45) is 13.5. The quantitative estimate of drug-likeness (QED) is 0.237. The maximum absolute atomic E-state index is 6.00. The Labute approximate surface area is 156 Å². The highest BCUT2D eigenvalue weighted by Crippen LogP contribution is 2.41. The van der Waals surface area contributed by atoms with Crippen molar-refractivity contribution >= 4 is 9.53 Å². The summed E-state index contributed by atoms with van der Waals surface area (Å²) in [7, 11) is -1.92. The van der Waals surface area contributed by atoms with Crippen molar-refractivity contribution in [2.24, 2.45) is 11.8 Å². The van der Waals surface area contributed by atoms with Crippen molar-refractivity contribution in [3.8, 4) is 0 Å². The summed E-state index contributed by atoms with van der Waals surface area (Å²) in [5.74, 6) is 1.61. The second-order valence-corrected chi connectivity index (χ2v) is 9.55. The molecule has 0 spiro atoms. The Morgan fingerprint density at radius 3 is 2.24 bits per heavy atom. The molecule has 0 bridgehead atoms. The maximum atomic E-state index is 6.00. The van der Waals surface area contributed by atoms with Crippen molar-refractivity contribution < 1.29 is 18.0 Å². The molecule has 4 unspecified atom stereocenters. The van der Waals surface area contributed by atoms with Gasteiger partial charge in [-0.2, -0.15) is 0 Å². The lowest BCUT2D eigenvalue weighted by molar-refractivity contribution is 0.0861. The number of hydrogen-bond acceptors (Lipinski definition) is 4. The lowest BCUT2D eigenvalue weighted by atomic mass is 9.84. The smallest absolute Gasteiger partial charge is 0.376 e. The van der Waals surface area contributed by atoms with Crippen molar-refractivity contribution in [1.29, 1.82) is 0 Å². The molecule has 1 saturated carbocycles. The van der Waals surface area contributed by atoms with Gasteiger partial charge in [0, 0.05) is 19.8 Å². The highest BCUT2D eigenvalue weighted by atomic mass is 28.3. The molecule has 0 amide bonds. The van der Waals surface area contributed by atoms with E-state index in [1.165, 1.54) is 32.1 Å². The molecule has 4 nitrogen and oxygen atoms in total. The van der Waals surface area contributed by atoms with Crippen LogP contribution in [0.3, 0.4) is 0 Å². The van der Waals surface area contributed by atoms with Crippen LogP contribution in [0.15, 0.2) is 0 Å². The minimum absolute atomic E-state index is 0.615. The molecule has 0 N–H and O–H groups in total. The number of hydrogen-bond donors (Lipinski definition) is 0. The molecule has 2 fully saturated rings. The fourth-order valence-electron chi connectivity index (χ4n) is 3.57. The third-order valence-electron chi connectivity index (χ3n) is 5.55. The van der Waals surface area contributed by atoms with Gasteiger partial charge in [-0.1, -0.05) is 46.5 Å². The van der Waals surface area contributed by atoms with Gasteiger partial charge in [0.05, 0.1) is 12.2 Å². The van der Waals surface area contributed by atoms with E-state index in [4.69, 9.17) is 18.0 Å². The van der Waals surface area contributed by atoms with Crippen molar-refractivity contribution in [3.63, 3.8) is 0 Å². The number of epoxide rings is 1. The first kappa shape index (κ1) is 21.4. The topological polar surface area (TPSA) is 40.2 Å². The minimum Gasteiger partial charge on any atom is -0.376 e. The van der Waals surface area contributed by atoms with Crippen LogP contribution in [0.5, 0.6) is 0 Å². The molecule has 25 heavy (non-hydrogen) atoms. The van der Waals surface area contributed by atoms with Gasteiger partial charge in [0.15, 0.2) is 0 Å². The lowest BCUT2D eigenvalue weighted by Gasteiger charge is -2.21. The summed E-state index contributed by atoms with van der Waals surface area (Å²) >= 11 is 0. The normalized spacial score (nSPS) is 26.6. The largest absolute Gasteiger partial charge is 0.484 e. The molecule has 1 aliphatic carbocycles. The third kappa shape index (κ3) is 9.00. The van der Waals surface area contributed by atoms with Crippen LogP contribution >= 0.6 is 0 Å². The molecule has 1 heterocycles. The Bertz CT molecular complexity index is 332. The second-order valence-electron chi connectivity index (χ2n) is 7.97. The van der Waals surface area contributed by atoms with Crippen LogP contribution in [0.4, 0.5) is 0 Å². The first-order valence-electron chi connectivity index (χ1n) is 10.7. The fraction of sp³-hybridized carbons (Fsp3) is 1.00. The number of unbranched alkanes of at least 4 members (excludes halogenated alkanes) is 2. The van der Waals surface area contributed by atoms with Crippen molar-refractivity contribution in [1.82, 2.24) is 0 Å². The average molecular weight is 373 g/mol. The Morgan fingerprint density at radius 1 is 0.920 bits per heavy atom. The van der Waals surface area contributed by atoms with E-state index in [0.29, 0.717) is 12.2 Å². The van der Waals surface area contributed by atoms with E-state index in [1.54, 1.807) is 0 Å². The molecule has 148 valence electrons. The summed E-state index contributed by atoms with van der Waals surface area (Å²) in [5.41, 5.74) is 0. The molecule has 0 radical (unpaired) electrons. The van der Waals surface area contributed by atoms with E-state index in [0.717, 1.165) is 63.8 Å². The summed E-state index contributed by atoms with van der Waals surface area (Å²) in [6.45, 7) is 9.07.